The molecule has 2 aliphatic heterocycles. The molecule has 3 atom stereocenters. The number of hydrogen-bond donors (Lipinski definition) is 2. The number of carbonyl (C=O) groups excluding carboxylic acids is 1. The molecular formula is C11H18N2O3S. The van der Waals surface area contributed by atoms with E-state index in [0.717, 1.165) is 25.8 Å². The van der Waals surface area contributed by atoms with Gasteiger partial charge in [-0.2, -0.15) is 0 Å². The number of aliphatic carboxylic acids is 1. The van der Waals surface area contributed by atoms with Gasteiger partial charge in [0.25, 0.3) is 0 Å². The van der Waals surface area contributed by atoms with E-state index in [2.05, 4.69) is 5.32 Å². The molecule has 2 fully saturated rings. The zero-order valence-corrected chi connectivity index (χ0v) is 10.7. The maximum atomic E-state index is 12.3. The van der Waals surface area contributed by atoms with Crippen molar-refractivity contribution in [3.8, 4) is 0 Å². The molecule has 0 spiro atoms. The number of hydrogen-bond acceptors (Lipinski definition) is 4. The quantitative estimate of drug-likeness (QED) is 0.771. The van der Waals surface area contributed by atoms with Crippen molar-refractivity contribution in [2.75, 3.05) is 12.3 Å². The van der Waals surface area contributed by atoms with E-state index in [9.17, 15) is 9.59 Å². The van der Waals surface area contributed by atoms with Crippen LogP contribution in [-0.4, -0.2) is 51.6 Å². The Balaban J connectivity index is 2.12. The van der Waals surface area contributed by atoms with Crippen molar-refractivity contribution >= 4 is 23.6 Å². The minimum Gasteiger partial charge on any atom is -0.480 e. The third-order valence-corrected chi connectivity index (χ3v) is 4.79. The summed E-state index contributed by atoms with van der Waals surface area (Å²) in [6, 6.07) is -0.829. The normalized spacial score (nSPS) is 33.0. The van der Waals surface area contributed by atoms with Crippen LogP contribution in [0.4, 0.5) is 0 Å². The first-order chi connectivity index (χ1) is 8.15. The zero-order valence-electron chi connectivity index (χ0n) is 9.89. The molecule has 0 bridgehead atoms. The molecule has 2 heterocycles. The fourth-order valence-corrected chi connectivity index (χ4v) is 3.79. The van der Waals surface area contributed by atoms with Crippen LogP contribution < -0.4 is 5.32 Å². The summed E-state index contributed by atoms with van der Waals surface area (Å²) in [5.41, 5.74) is 0. The lowest BCUT2D eigenvalue weighted by Gasteiger charge is -2.29. The van der Waals surface area contributed by atoms with Gasteiger partial charge in [0.05, 0.1) is 11.4 Å². The molecule has 0 aromatic heterocycles. The van der Waals surface area contributed by atoms with Crippen LogP contribution in [0.5, 0.6) is 0 Å². The number of nitrogens with zero attached hydrogens (tertiary/aromatic N) is 1. The van der Waals surface area contributed by atoms with Crippen LogP contribution in [0.2, 0.25) is 0 Å². The summed E-state index contributed by atoms with van der Waals surface area (Å²) < 4.78 is 0. The number of carboxylic acids is 1. The number of carbonyl (C=O) groups is 2. The number of amides is 1. The molecule has 0 aliphatic carbocycles. The second-order valence-corrected chi connectivity index (χ2v) is 5.66. The number of carboxylic acid groups (broad SMARTS) is 1. The molecule has 6 heteroatoms. The van der Waals surface area contributed by atoms with Gasteiger partial charge in [0.1, 0.15) is 6.04 Å². The summed E-state index contributed by atoms with van der Waals surface area (Å²) in [6.07, 6.45) is 2.61. The van der Waals surface area contributed by atoms with Gasteiger partial charge < -0.3 is 15.3 Å². The van der Waals surface area contributed by atoms with E-state index in [1.54, 1.807) is 16.7 Å². The maximum absolute atomic E-state index is 12.3. The van der Waals surface area contributed by atoms with Crippen molar-refractivity contribution in [2.45, 2.75) is 43.6 Å². The van der Waals surface area contributed by atoms with Gasteiger partial charge in [-0.05, 0) is 25.8 Å². The van der Waals surface area contributed by atoms with Crippen LogP contribution in [0.3, 0.4) is 0 Å². The van der Waals surface area contributed by atoms with Gasteiger partial charge in [-0.1, -0.05) is 6.92 Å². The van der Waals surface area contributed by atoms with Crippen LogP contribution in [-0.2, 0) is 9.59 Å². The van der Waals surface area contributed by atoms with Crippen molar-refractivity contribution < 1.29 is 14.7 Å². The topological polar surface area (TPSA) is 69.6 Å². The fourth-order valence-electron chi connectivity index (χ4n) is 2.44. The molecule has 2 aliphatic rings. The highest BCUT2D eigenvalue weighted by molar-refractivity contribution is 8.00. The van der Waals surface area contributed by atoms with E-state index in [0.29, 0.717) is 5.75 Å². The highest BCUT2D eigenvalue weighted by Gasteiger charge is 2.43. The van der Waals surface area contributed by atoms with Crippen LogP contribution in [0, 0.1) is 0 Å². The predicted molar refractivity (Wildman–Crippen MR) is 65.8 cm³/mol. The minimum absolute atomic E-state index is 0.0194. The van der Waals surface area contributed by atoms with Gasteiger partial charge in [-0.15, -0.1) is 11.8 Å². The molecule has 96 valence electrons. The molecule has 1 amide bonds. The monoisotopic (exact) mass is 258 g/mol. The first-order valence-electron chi connectivity index (χ1n) is 6.05. The van der Waals surface area contributed by atoms with Crippen molar-refractivity contribution in [1.82, 2.24) is 10.2 Å². The predicted octanol–water partition coefficient (Wildman–Crippen LogP) is 0.503. The van der Waals surface area contributed by atoms with Crippen molar-refractivity contribution in [1.29, 1.82) is 0 Å². The average molecular weight is 258 g/mol. The minimum atomic E-state index is -0.889. The van der Waals surface area contributed by atoms with Crippen LogP contribution >= 0.6 is 11.8 Å². The standard InChI is InChI=1S/C11H18N2O3S/c1-2-9-13(8(6-17-9)11(15)16)10(14)7-4-3-5-12-7/h7-9,12H,2-6H2,1H3,(H,15,16)/t7-,8?,9?/m1/s1. The van der Waals surface area contributed by atoms with Crippen molar-refractivity contribution in [3.63, 3.8) is 0 Å². The van der Waals surface area contributed by atoms with Gasteiger partial charge in [0, 0.05) is 5.75 Å². The molecule has 2 N–H and O–H groups in total. The Hall–Kier alpha value is -0.750. The molecule has 2 saturated heterocycles. The van der Waals surface area contributed by atoms with Gasteiger partial charge in [-0.3, -0.25) is 4.79 Å². The Labute approximate surface area is 105 Å². The molecular weight excluding hydrogens is 240 g/mol. The molecule has 0 saturated carbocycles. The summed E-state index contributed by atoms with van der Waals surface area (Å²) in [5, 5.41) is 12.3. The van der Waals surface area contributed by atoms with Crippen LogP contribution in [0.15, 0.2) is 0 Å². The van der Waals surface area contributed by atoms with Gasteiger partial charge in [0.2, 0.25) is 5.91 Å². The summed E-state index contributed by atoms with van der Waals surface area (Å²) in [7, 11) is 0. The van der Waals surface area contributed by atoms with Crippen molar-refractivity contribution in [2.24, 2.45) is 0 Å². The number of rotatable bonds is 3. The molecule has 0 radical (unpaired) electrons. The van der Waals surface area contributed by atoms with E-state index in [4.69, 9.17) is 5.11 Å². The Kier molecular flexibility index (Phi) is 3.93. The van der Waals surface area contributed by atoms with E-state index in [1.807, 2.05) is 6.92 Å². The lowest BCUT2D eigenvalue weighted by molar-refractivity contribution is -0.149. The third-order valence-electron chi connectivity index (χ3n) is 3.34. The SMILES string of the molecule is CCC1SCC(C(=O)O)N1C(=O)[C@H]1CCCN1. The maximum Gasteiger partial charge on any atom is 0.327 e. The first kappa shape index (κ1) is 12.7. The van der Waals surface area contributed by atoms with Crippen molar-refractivity contribution in [3.05, 3.63) is 0 Å². The first-order valence-corrected chi connectivity index (χ1v) is 7.10. The largest absolute Gasteiger partial charge is 0.480 e. The highest BCUT2D eigenvalue weighted by Crippen LogP contribution is 2.32. The van der Waals surface area contributed by atoms with E-state index >= 15 is 0 Å². The highest BCUT2D eigenvalue weighted by atomic mass is 32.2. The lowest BCUT2D eigenvalue weighted by Crippen LogP contribution is -2.51. The molecule has 0 aromatic carbocycles. The number of thioether (sulfide) groups is 1. The lowest BCUT2D eigenvalue weighted by atomic mass is 10.1. The smallest absolute Gasteiger partial charge is 0.327 e. The second kappa shape index (κ2) is 5.27. The Morgan fingerprint density at radius 1 is 1.53 bits per heavy atom. The Morgan fingerprint density at radius 3 is 2.82 bits per heavy atom. The molecule has 17 heavy (non-hydrogen) atoms. The molecule has 5 nitrogen and oxygen atoms in total. The Morgan fingerprint density at radius 2 is 2.29 bits per heavy atom. The zero-order chi connectivity index (χ0) is 12.4. The van der Waals surface area contributed by atoms with Gasteiger partial charge in [0.15, 0.2) is 0 Å². The van der Waals surface area contributed by atoms with E-state index in [-0.39, 0.29) is 17.3 Å². The Bertz CT molecular complexity index is 318. The van der Waals surface area contributed by atoms with E-state index < -0.39 is 12.0 Å². The summed E-state index contributed by atoms with van der Waals surface area (Å²) >= 11 is 1.57. The summed E-state index contributed by atoms with van der Waals surface area (Å²) in [5.74, 6) is -0.418. The molecule has 2 rings (SSSR count). The number of nitrogens with one attached hydrogen (secondary N) is 1. The molecule has 0 aromatic rings. The third kappa shape index (κ3) is 2.42. The van der Waals surface area contributed by atoms with E-state index in [1.165, 1.54) is 0 Å². The molecule has 2 unspecified atom stereocenters. The summed E-state index contributed by atoms with van der Waals surface area (Å²) in [4.78, 5) is 25.1. The second-order valence-electron chi connectivity index (χ2n) is 4.44. The van der Waals surface area contributed by atoms with Crippen LogP contribution in [0.1, 0.15) is 26.2 Å². The average Bonchev–Trinajstić information content (AvgIpc) is 2.96. The van der Waals surface area contributed by atoms with Crippen LogP contribution in [0.25, 0.3) is 0 Å². The van der Waals surface area contributed by atoms with Gasteiger partial charge in [-0.25, -0.2) is 4.79 Å². The summed E-state index contributed by atoms with van der Waals surface area (Å²) in [6.45, 7) is 2.84. The van der Waals surface area contributed by atoms with Gasteiger partial charge >= 0.3 is 5.97 Å². The fraction of sp³-hybridized carbons (Fsp3) is 0.818.